The van der Waals surface area contributed by atoms with Crippen molar-refractivity contribution in [1.82, 2.24) is 19.9 Å². The lowest BCUT2D eigenvalue weighted by Crippen LogP contribution is -2.27. The van der Waals surface area contributed by atoms with Crippen LogP contribution in [0.4, 0.5) is 0 Å². The van der Waals surface area contributed by atoms with Crippen LogP contribution in [-0.4, -0.2) is 27.0 Å². The Morgan fingerprint density at radius 1 is 1.07 bits per heavy atom. The third kappa shape index (κ3) is 4.06. The van der Waals surface area contributed by atoms with Gasteiger partial charge < -0.3 is 14.9 Å². The van der Waals surface area contributed by atoms with E-state index in [-0.39, 0.29) is 11.5 Å². The summed E-state index contributed by atoms with van der Waals surface area (Å²) < 4.78 is 1.56. The first-order chi connectivity index (χ1) is 14.1. The number of benzene rings is 2. The van der Waals surface area contributed by atoms with Crippen molar-refractivity contribution in [2.24, 2.45) is 7.05 Å². The van der Waals surface area contributed by atoms with Gasteiger partial charge >= 0.3 is 0 Å². The van der Waals surface area contributed by atoms with Crippen molar-refractivity contribution in [2.75, 3.05) is 6.54 Å². The van der Waals surface area contributed by atoms with Crippen LogP contribution in [0.1, 0.15) is 35.4 Å². The summed E-state index contributed by atoms with van der Waals surface area (Å²) in [5.41, 5.74) is 3.08. The van der Waals surface area contributed by atoms with Gasteiger partial charge in [0.05, 0.1) is 22.1 Å². The molecule has 6 heteroatoms. The quantitative estimate of drug-likeness (QED) is 0.475. The molecule has 0 aliphatic heterocycles. The first-order valence-corrected chi connectivity index (χ1v) is 9.94. The van der Waals surface area contributed by atoms with E-state index >= 15 is 0 Å². The molecule has 2 aromatic heterocycles. The van der Waals surface area contributed by atoms with Crippen molar-refractivity contribution in [3.05, 3.63) is 76.3 Å². The average Bonchev–Trinajstić information content (AvgIpc) is 3.16. The number of rotatable bonds is 7. The standard InChI is InChI=1S/C23H24N4O2/c1-27-20-12-7-4-9-16(20)17(15-22(27)28)23(29)24-14-8-2-3-13-21-25-18-10-5-6-11-19(18)26-21/h4-7,9-12,15H,2-3,8,13-14H2,1H3,(H,24,29)(H,25,26). The van der Waals surface area contributed by atoms with E-state index in [2.05, 4.69) is 15.3 Å². The van der Waals surface area contributed by atoms with Crippen LogP contribution in [0.3, 0.4) is 0 Å². The van der Waals surface area contributed by atoms with Crippen LogP contribution in [0.25, 0.3) is 21.9 Å². The van der Waals surface area contributed by atoms with E-state index in [1.165, 1.54) is 6.07 Å². The Labute approximate surface area is 168 Å². The number of hydrogen-bond acceptors (Lipinski definition) is 3. The van der Waals surface area contributed by atoms with E-state index in [4.69, 9.17) is 0 Å². The fraction of sp³-hybridized carbons (Fsp3) is 0.261. The molecule has 0 aliphatic carbocycles. The molecule has 1 amide bonds. The molecule has 4 rings (SSSR count). The Kier molecular flexibility index (Phi) is 5.42. The lowest BCUT2D eigenvalue weighted by Gasteiger charge is -2.10. The number of fused-ring (bicyclic) bond motifs is 2. The zero-order valence-corrected chi connectivity index (χ0v) is 16.4. The summed E-state index contributed by atoms with van der Waals surface area (Å²) in [4.78, 5) is 32.7. The van der Waals surface area contributed by atoms with Gasteiger partial charge in [-0.05, 0) is 31.0 Å². The summed E-state index contributed by atoms with van der Waals surface area (Å²) in [5.74, 6) is 0.804. The SMILES string of the molecule is Cn1c(=O)cc(C(=O)NCCCCCc2nc3ccccc3[nH]2)c2ccccc21. The van der Waals surface area contributed by atoms with Gasteiger partial charge in [-0.15, -0.1) is 0 Å². The molecule has 2 N–H and O–H groups in total. The van der Waals surface area contributed by atoms with Crippen LogP contribution in [-0.2, 0) is 13.5 Å². The van der Waals surface area contributed by atoms with Gasteiger partial charge in [-0.2, -0.15) is 0 Å². The number of nitrogens with one attached hydrogen (secondary N) is 2. The molecule has 0 radical (unpaired) electrons. The molecule has 29 heavy (non-hydrogen) atoms. The van der Waals surface area contributed by atoms with Crippen molar-refractivity contribution in [3.63, 3.8) is 0 Å². The second kappa shape index (κ2) is 8.31. The van der Waals surface area contributed by atoms with E-state index in [0.29, 0.717) is 12.1 Å². The fourth-order valence-electron chi connectivity index (χ4n) is 3.61. The second-order valence-corrected chi connectivity index (χ2v) is 7.24. The molecule has 6 nitrogen and oxygen atoms in total. The highest BCUT2D eigenvalue weighted by molar-refractivity contribution is 6.06. The Bertz CT molecular complexity index is 1190. The highest BCUT2D eigenvalue weighted by atomic mass is 16.2. The minimum atomic E-state index is -0.198. The number of pyridine rings is 1. The number of aromatic amines is 1. The molecule has 2 aromatic carbocycles. The van der Waals surface area contributed by atoms with Crippen molar-refractivity contribution in [3.8, 4) is 0 Å². The van der Waals surface area contributed by atoms with Crippen LogP contribution in [0.5, 0.6) is 0 Å². The van der Waals surface area contributed by atoms with Crippen molar-refractivity contribution < 1.29 is 4.79 Å². The monoisotopic (exact) mass is 388 g/mol. The highest BCUT2D eigenvalue weighted by Crippen LogP contribution is 2.16. The number of para-hydroxylation sites is 3. The zero-order valence-electron chi connectivity index (χ0n) is 16.4. The number of aromatic nitrogens is 3. The average molecular weight is 388 g/mol. The Balaban J connectivity index is 1.29. The predicted octanol–water partition coefficient (Wildman–Crippen LogP) is 3.56. The summed E-state index contributed by atoms with van der Waals surface area (Å²) in [7, 11) is 1.72. The van der Waals surface area contributed by atoms with Crippen LogP contribution in [0.2, 0.25) is 0 Å². The molecule has 0 bridgehead atoms. The summed E-state index contributed by atoms with van der Waals surface area (Å²) in [6, 6.07) is 16.9. The maximum absolute atomic E-state index is 12.6. The van der Waals surface area contributed by atoms with Crippen LogP contribution >= 0.6 is 0 Å². The van der Waals surface area contributed by atoms with Gasteiger partial charge in [-0.3, -0.25) is 9.59 Å². The smallest absolute Gasteiger partial charge is 0.252 e. The number of aryl methyl sites for hydroxylation is 2. The maximum atomic E-state index is 12.6. The molecule has 0 fully saturated rings. The topological polar surface area (TPSA) is 79.8 Å². The Morgan fingerprint density at radius 2 is 1.86 bits per heavy atom. The molecule has 0 aliphatic rings. The van der Waals surface area contributed by atoms with Crippen LogP contribution < -0.4 is 10.9 Å². The summed E-state index contributed by atoms with van der Waals surface area (Å²) in [5, 5.41) is 3.74. The van der Waals surface area contributed by atoms with Gasteiger partial charge in [0, 0.05) is 31.5 Å². The maximum Gasteiger partial charge on any atom is 0.252 e. The van der Waals surface area contributed by atoms with Gasteiger partial charge in [0.15, 0.2) is 0 Å². The molecular weight excluding hydrogens is 364 g/mol. The second-order valence-electron chi connectivity index (χ2n) is 7.24. The number of hydrogen-bond donors (Lipinski definition) is 2. The summed E-state index contributed by atoms with van der Waals surface area (Å²) in [6.07, 6.45) is 3.77. The van der Waals surface area contributed by atoms with E-state index in [1.807, 2.05) is 48.5 Å². The zero-order chi connectivity index (χ0) is 20.2. The summed E-state index contributed by atoms with van der Waals surface area (Å²) in [6.45, 7) is 0.586. The van der Waals surface area contributed by atoms with E-state index < -0.39 is 0 Å². The van der Waals surface area contributed by atoms with E-state index in [9.17, 15) is 9.59 Å². The third-order valence-corrected chi connectivity index (χ3v) is 5.21. The minimum absolute atomic E-state index is 0.181. The van der Waals surface area contributed by atoms with Crippen LogP contribution in [0.15, 0.2) is 59.4 Å². The number of H-pyrrole nitrogens is 1. The normalized spacial score (nSPS) is 11.2. The molecule has 0 unspecified atom stereocenters. The highest BCUT2D eigenvalue weighted by Gasteiger charge is 2.12. The van der Waals surface area contributed by atoms with Gasteiger partial charge in [-0.1, -0.05) is 36.8 Å². The molecule has 0 atom stereocenters. The van der Waals surface area contributed by atoms with Gasteiger partial charge in [0.1, 0.15) is 5.82 Å². The molecule has 4 aromatic rings. The molecule has 0 spiro atoms. The fourth-order valence-corrected chi connectivity index (χ4v) is 3.61. The molecular formula is C23H24N4O2. The van der Waals surface area contributed by atoms with Gasteiger partial charge in [-0.25, -0.2) is 4.98 Å². The minimum Gasteiger partial charge on any atom is -0.352 e. The first-order valence-electron chi connectivity index (χ1n) is 9.94. The lowest BCUT2D eigenvalue weighted by atomic mass is 10.1. The number of unbranched alkanes of at least 4 members (excludes halogenated alkanes) is 2. The third-order valence-electron chi connectivity index (χ3n) is 5.21. The number of amides is 1. The van der Waals surface area contributed by atoms with Crippen molar-refractivity contribution in [1.29, 1.82) is 0 Å². The van der Waals surface area contributed by atoms with Crippen LogP contribution in [0, 0.1) is 0 Å². The van der Waals surface area contributed by atoms with Gasteiger partial charge in [0.2, 0.25) is 0 Å². The number of imidazole rings is 1. The molecule has 148 valence electrons. The molecule has 0 saturated carbocycles. The number of carbonyl (C=O) groups is 1. The molecule has 2 heterocycles. The van der Waals surface area contributed by atoms with E-state index in [0.717, 1.165) is 53.4 Å². The molecule has 0 saturated heterocycles. The van der Waals surface area contributed by atoms with E-state index in [1.54, 1.807) is 11.6 Å². The van der Waals surface area contributed by atoms with Crippen molar-refractivity contribution in [2.45, 2.75) is 25.7 Å². The van der Waals surface area contributed by atoms with Crippen molar-refractivity contribution >= 4 is 27.8 Å². The lowest BCUT2D eigenvalue weighted by molar-refractivity contribution is 0.0954. The Hall–Kier alpha value is -3.41. The largest absolute Gasteiger partial charge is 0.352 e. The number of carbonyl (C=O) groups excluding carboxylic acids is 1. The van der Waals surface area contributed by atoms with Gasteiger partial charge in [0.25, 0.3) is 11.5 Å². The Morgan fingerprint density at radius 3 is 2.72 bits per heavy atom. The number of nitrogens with zero attached hydrogens (tertiary/aromatic N) is 2. The predicted molar refractivity (Wildman–Crippen MR) is 115 cm³/mol. The first kappa shape index (κ1) is 18.9. The summed E-state index contributed by atoms with van der Waals surface area (Å²) >= 11 is 0.